The highest BCUT2D eigenvalue weighted by Gasteiger charge is 2.29. The van der Waals surface area contributed by atoms with E-state index in [9.17, 15) is 18.0 Å². The molecule has 0 aliphatic rings. The maximum atomic E-state index is 13.3. The highest BCUT2D eigenvalue weighted by atomic mass is 35.5. The van der Waals surface area contributed by atoms with E-state index in [-0.39, 0.29) is 32.1 Å². The van der Waals surface area contributed by atoms with Crippen molar-refractivity contribution in [2.45, 2.75) is 26.1 Å². The monoisotopic (exact) mass is 477 g/mol. The van der Waals surface area contributed by atoms with Crippen molar-refractivity contribution in [1.82, 2.24) is 14.5 Å². The Balaban J connectivity index is 2.28. The Kier molecular flexibility index (Phi) is 9.43. The molecule has 2 aromatic rings. The molecule has 0 fully saturated rings. The molecule has 9 heteroatoms. The van der Waals surface area contributed by atoms with Crippen LogP contribution in [0.2, 0.25) is 5.02 Å². The van der Waals surface area contributed by atoms with Crippen molar-refractivity contribution in [2.24, 2.45) is 0 Å². The first-order valence-electron chi connectivity index (χ1n) is 10.0. The number of hydrogen-bond donors (Lipinski definition) is 1. The molecule has 1 N–H and O–H groups in total. The number of hydrogen-bond acceptors (Lipinski definition) is 4. The molecular formula is C23H28ClN3O4S. The second kappa shape index (κ2) is 11.8. The maximum Gasteiger partial charge on any atom is 0.242 e. The van der Waals surface area contributed by atoms with Crippen LogP contribution in [0, 0.1) is 0 Å². The molecule has 2 amide bonds. The van der Waals surface area contributed by atoms with E-state index in [2.05, 4.69) is 11.9 Å². The minimum absolute atomic E-state index is 0.0528. The molecular weight excluding hydrogens is 450 g/mol. The fraction of sp³-hybridized carbons (Fsp3) is 0.304. The Morgan fingerprint density at radius 3 is 2.22 bits per heavy atom. The number of benzene rings is 2. The largest absolute Gasteiger partial charge is 0.351 e. The lowest BCUT2D eigenvalue weighted by molar-refractivity contribution is -0.140. The fourth-order valence-electron chi connectivity index (χ4n) is 3.01. The minimum atomic E-state index is -3.68. The highest BCUT2D eigenvalue weighted by molar-refractivity contribution is 7.88. The van der Waals surface area contributed by atoms with Crippen LogP contribution >= 0.6 is 11.6 Å². The van der Waals surface area contributed by atoms with Crippen molar-refractivity contribution in [3.8, 4) is 0 Å². The molecule has 172 valence electrons. The Morgan fingerprint density at radius 1 is 1.06 bits per heavy atom. The first kappa shape index (κ1) is 25.6. The number of nitrogens with zero attached hydrogens (tertiary/aromatic N) is 2. The van der Waals surface area contributed by atoms with Crippen molar-refractivity contribution in [3.63, 3.8) is 0 Å². The topological polar surface area (TPSA) is 86.8 Å². The van der Waals surface area contributed by atoms with Crippen LogP contribution in [0.5, 0.6) is 0 Å². The normalized spacial score (nSPS) is 12.2. The number of rotatable bonds is 11. The molecule has 0 aromatic heterocycles. The summed E-state index contributed by atoms with van der Waals surface area (Å²) in [4.78, 5) is 27.2. The first-order valence-corrected chi connectivity index (χ1v) is 12.3. The lowest BCUT2D eigenvalue weighted by Gasteiger charge is -2.31. The average Bonchev–Trinajstić information content (AvgIpc) is 2.76. The number of halogens is 1. The zero-order chi connectivity index (χ0) is 23.7. The Morgan fingerprint density at radius 2 is 1.66 bits per heavy atom. The average molecular weight is 478 g/mol. The summed E-state index contributed by atoms with van der Waals surface area (Å²) in [6.07, 6.45) is 2.61. The molecule has 0 spiro atoms. The van der Waals surface area contributed by atoms with Crippen LogP contribution in [-0.4, -0.2) is 54.8 Å². The van der Waals surface area contributed by atoms with E-state index in [1.165, 1.54) is 4.90 Å². The van der Waals surface area contributed by atoms with E-state index in [1.54, 1.807) is 61.5 Å². The van der Waals surface area contributed by atoms with E-state index < -0.39 is 22.0 Å². The number of amides is 2. The van der Waals surface area contributed by atoms with Gasteiger partial charge in [-0.05, 0) is 30.2 Å². The lowest BCUT2D eigenvalue weighted by atomic mass is 10.1. The van der Waals surface area contributed by atoms with Gasteiger partial charge in [-0.15, -0.1) is 6.58 Å². The molecule has 0 radical (unpaired) electrons. The van der Waals surface area contributed by atoms with Gasteiger partial charge in [-0.25, -0.2) is 8.42 Å². The number of carbonyl (C=O) groups excluding carboxylic acids is 2. The van der Waals surface area contributed by atoms with Crippen LogP contribution in [0.1, 0.15) is 18.1 Å². The summed E-state index contributed by atoms with van der Waals surface area (Å²) in [7, 11) is -3.68. The molecule has 32 heavy (non-hydrogen) atoms. The summed E-state index contributed by atoms with van der Waals surface area (Å²) in [5.41, 5.74) is 1.52. The van der Waals surface area contributed by atoms with Crippen LogP contribution in [0.25, 0.3) is 0 Å². The van der Waals surface area contributed by atoms with Gasteiger partial charge in [0.05, 0.1) is 12.8 Å². The standard InChI is InChI=1S/C23H28ClN3O4S/c1-4-14-25-23(29)18(2)27(16-20-10-12-21(24)13-11-20)22(28)17-26(32(3,30)31)15-19-8-6-5-7-9-19/h4-13,18H,1,14-17H2,2-3H3,(H,25,29)/t18-/m0/s1. The third kappa shape index (κ3) is 7.78. The van der Waals surface area contributed by atoms with E-state index in [1.807, 2.05) is 6.07 Å². The highest BCUT2D eigenvalue weighted by Crippen LogP contribution is 2.15. The molecule has 0 saturated heterocycles. The van der Waals surface area contributed by atoms with Crippen LogP contribution in [0.15, 0.2) is 67.3 Å². The predicted octanol–water partition coefficient (Wildman–Crippen LogP) is 2.82. The van der Waals surface area contributed by atoms with Crippen LogP contribution in [-0.2, 0) is 32.7 Å². The van der Waals surface area contributed by atoms with Gasteiger partial charge in [0.1, 0.15) is 6.04 Å². The Labute approximate surface area is 194 Å². The van der Waals surface area contributed by atoms with Crippen molar-refractivity contribution < 1.29 is 18.0 Å². The summed E-state index contributed by atoms with van der Waals surface area (Å²) in [6, 6.07) is 15.1. The third-order valence-corrected chi connectivity index (χ3v) is 6.28. The van der Waals surface area contributed by atoms with E-state index in [4.69, 9.17) is 11.6 Å². The lowest BCUT2D eigenvalue weighted by Crippen LogP contribution is -2.51. The molecule has 0 heterocycles. The van der Waals surface area contributed by atoms with Crippen molar-refractivity contribution in [3.05, 3.63) is 83.4 Å². The molecule has 0 unspecified atom stereocenters. The summed E-state index contributed by atoms with van der Waals surface area (Å²) in [5.74, 6) is -0.844. The molecule has 1 atom stereocenters. The van der Waals surface area contributed by atoms with Gasteiger partial charge in [0.25, 0.3) is 0 Å². The van der Waals surface area contributed by atoms with Crippen molar-refractivity contribution in [1.29, 1.82) is 0 Å². The van der Waals surface area contributed by atoms with Gasteiger partial charge in [-0.3, -0.25) is 9.59 Å². The maximum absolute atomic E-state index is 13.3. The SMILES string of the molecule is C=CCNC(=O)[C@H](C)N(Cc1ccc(Cl)cc1)C(=O)CN(Cc1ccccc1)S(C)(=O)=O. The summed E-state index contributed by atoms with van der Waals surface area (Å²) < 4.78 is 25.9. The fourth-order valence-corrected chi connectivity index (χ4v) is 3.86. The zero-order valence-electron chi connectivity index (χ0n) is 18.2. The Bertz CT molecular complexity index is 1030. The molecule has 0 bridgehead atoms. The summed E-state index contributed by atoms with van der Waals surface area (Å²) in [6.45, 7) is 5.23. The van der Waals surface area contributed by atoms with E-state index >= 15 is 0 Å². The van der Waals surface area contributed by atoms with Crippen molar-refractivity contribution in [2.75, 3.05) is 19.3 Å². The van der Waals surface area contributed by atoms with Gasteiger partial charge in [0.2, 0.25) is 21.8 Å². The second-order valence-electron chi connectivity index (χ2n) is 7.37. The van der Waals surface area contributed by atoms with E-state index in [0.29, 0.717) is 5.02 Å². The Hall–Kier alpha value is -2.68. The first-order chi connectivity index (χ1) is 15.1. The van der Waals surface area contributed by atoms with Gasteiger partial charge >= 0.3 is 0 Å². The smallest absolute Gasteiger partial charge is 0.242 e. The predicted molar refractivity (Wildman–Crippen MR) is 126 cm³/mol. The van der Waals surface area contributed by atoms with Crippen molar-refractivity contribution >= 4 is 33.4 Å². The van der Waals surface area contributed by atoms with Crippen LogP contribution < -0.4 is 5.32 Å². The van der Waals surface area contributed by atoms with E-state index in [0.717, 1.165) is 21.7 Å². The molecule has 0 aliphatic carbocycles. The van der Waals surface area contributed by atoms with Gasteiger partial charge in [0.15, 0.2) is 0 Å². The molecule has 0 saturated carbocycles. The third-order valence-electron chi connectivity index (χ3n) is 4.84. The van der Waals surface area contributed by atoms with Gasteiger partial charge in [-0.2, -0.15) is 4.31 Å². The quantitative estimate of drug-likeness (QED) is 0.504. The van der Waals surface area contributed by atoms with Gasteiger partial charge in [-0.1, -0.05) is 60.1 Å². The number of nitrogens with one attached hydrogen (secondary N) is 1. The molecule has 2 rings (SSSR count). The van der Waals surface area contributed by atoms with Crippen LogP contribution in [0.3, 0.4) is 0 Å². The minimum Gasteiger partial charge on any atom is -0.351 e. The van der Waals surface area contributed by atoms with Gasteiger partial charge < -0.3 is 10.2 Å². The van der Waals surface area contributed by atoms with Gasteiger partial charge in [0, 0.05) is 24.7 Å². The molecule has 7 nitrogen and oxygen atoms in total. The number of sulfonamides is 1. The zero-order valence-corrected chi connectivity index (χ0v) is 19.8. The molecule has 0 aliphatic heterocycles. The second-order valence-corrected chi connectivity index (χ2v) is 9.79. The van der Waals surface area contributed by atoms with Crippen LogP contribution in [0.4, 0.5) is 0 Å². The number of carbonyl (C=O) groups is 2. The summed E-state index contributed by atoms with van der Waals surface area (Å²) in [5, 5.41) is 3.23. The summed E-state index contributed by atoms with van der Waals surface area (Å²) >= 11 is 5.95. The molecule has 2 aromatic carbocycles.